The van der Waals surface area contributed by atoms with E-state index in [4.69, 9.17) is 9.84 Å². The fraction of sp³-hybridized carbons (Fsp3) is 0.143. The third-order valence-corrected chi connectivity index (χ3v) is 2.75. The van der Waals surface area contributed by atoms with E-state index in [9.17, 15) is 18.4 Å². The van der Waals surface area contributed by atoms with Gasteiger partial charge in [0.2, 0.25) is 0 Å². The Kier molecular flexibility index (Phi) is 4.02. The lowest BCUT2D eigenvalue weighted by Crippen LogP contribution is -2.17. The average Bonchev–Trinajstić information content (AvgIpc) is 2.84. The number of hydrogen-bond acceptors (Lipinski definition) is 3. The van der Waals surface area contributed by atoms with Gasteiger partial charge in [0.05, 0.1) is 6.61 Å². The van der Waals surface area contributed by atoms with Gasteiger partial charge in [0.25, 0.3) is 0 Å². The van der Waals surface area contributed by atoms with Crippen molar-refractivity contribution in [1.29, 1.82) is 0 Å². The Balaban J connectivity index is 2.53. The maximum absolute atomic E-state index is 13.7. The van der Waals surface area contributed by atoms with Crippen LogP contribution in [0.4, 0.5) is 13.6 Å². The number of carboxylic acids is 1. The van der Waals surface area contributed by atoms with E-state index in [-0.39, 0.29) is 23.4 Å². The maximum Gasteiger partial charge on any atom is 0.418 e. The lowest BCUT2D eigenvalue weighted by atomic mass is 10.1. The van der Waals surface area contributed by atoms with Crippen molar-refractivity contribution in [2.45, 2.75) is 6.92 Å². The van der Waals surface area contributed by atoms with Gasteiger partial charge < -0.3 is 9.84 Å². The largest absolute Gasteiger partial charge is 0.477 e. The zero-order valence-electron chi connectivity index (χ0n) is 11.0. The number of carboxylic acid groups (broad SMARTS) is 1. The molecule has 0 aliphatic rings. The molecule has 0 fully saturated rings. The second-order valence-corrected chi connectivity index (χ2v) is 4.11. The smallest absolute Gasteiger partial charge is 0.418 e. The minimum Gasteiger partial charge on any atom is -0.477 e. The fourth-order valence-corrected chi connectivity index (χ4v) is 1.84. The van der Waals surface area contributed by atoms with Crippen molar-refractivity contribution in [3.05, 3.63) is 47.8 Å². The summed E-state index contributed by atoms with van der Waals surface area (Å²) in [6.07, 6.45) is 0.251. The first-order valence-corrected chi connectivity index (χ1v) is 6.02. The van der Waals surface area contributed by atoms with E-state index in [0.29, 0.717) is 6.07 Å². The molecule has 0 saturated carbocycles. The van der Waals surface area contributed by atoms with Gasteiger partial charge in [-0.1, -0.05) is 0 Å². The molecule has 7 heteroatoms. The van der Waals surface area contributed by atoms with Gasteiger partial charge in [-0.25, -0.2) is 22.9 Å². The third-order valence-electron chi connectivity index (χ3n) is 2.75. The van der Waals surface area contributed by atoms with Crippen LogP contribution >= 0.6 is 0 Å². The van der Waals surface area contributed by atoms with Gasteiger partial charge in [-0.15, -0.1) is 0 Å². The number of aromatic nitrogens is 1. The first-order chi connectivity index (χ1) is 9.93. The summed E-state index contributed by atoms with van der Waals surface area (Å²) in [6, 6.07) is 4.01. The molecule has 1 aromatic heterocycles. The number of carbonyl (C=O) groups is 2. The highest BCUT2D eigenvalue weighted by Gasteiger charge is 2.20. The summed E-state index contributed by atoms with van der Waals surface area (Å²) in [5.41, 5.74) is -0.243. The van der Waals surface area contributed by atoms with Crippen LogP contribution in [-0.4, -0.2) is 28.3 Å². The molecule has 0 saturated heterocycles. The Labute approximate surface area is 118 Å². The Morgan fingerprint density at radius 3 is 2.57 bits per heavy atom. The molecular weight excluding hydrogens is 284 g/mol. The SMILES string of the molecule is CCOC(=O)n1cc(-c2ccc(F)cc2F)cc1C(=O)O. The molecule has 0 aliphatic heterocycles. The summed E-state index contributed by atoms with van der Waals surface area (Å²) >= 11 is 0. The molecule has 2 rings (SSSR count). The van der Waals surface area contributed by atoms with Crippen molar-refractivity contribution < 1.29 is 28.2 Å². The van der Waals surface area contributed by atoms with E-state index >= 15 is 0 Å². The van der Waals surface area contributed by atoms with E-state index in [0.717, 1.165) is 22.9 Å². The van der Waals surface area contributed by atoms with Crippen molar-refractivity contribution in [1.82, 2.24) is 4.57 Å². The van der Waals surface area contributed by atoms with Gasteiger partial charge in [-0.3, -0.25) is 0 Å². The van der Waals surface area contributed by atoms with Crippen LogP contribution in [0.2, 0.25) is 0 Å². The number of halogens is 2. The molecule has 0 spiro atoms. The predicted molar refractivity (Wildman–Crippen MR) is 69.2 cm³/mol. The van der Waals surface area contributed by atoms with Gasteiger partial charge in [0.1, 0.15) is 17.3 Å². The lowest BCUT2D eigenvalue weighted by Gasteiger charge is -2.04. The van der Waals surface area contributed by atoms with Crippen LogP contribution in [0.25, 0.3) is 11.1 Å². The van der Waals surface area contributed by atoms with Crippen LogP contribution < -0.4 is 0 Å². The topological polar surface area (TPSA) is 68.5 Å². The molecule has 0 amide bonds. The van der Waals surface area contributed by atoms with Crippen LogP contribution in [0.5, 0.6) is 0 Å². The monoisotopic (exact) mass is 295 g/mol. The number of hydrogen-bond donors (Lipinski definition) is 1. The Morgan fingerprint density at radius 2 is 2.00 bits per heavy atom. The number of carbonyl (C=O) groups excluding carboxylic acids is 1. The summed E-state index contributed by atoms with van der Waals surface area (Å²) < 4.78 is 32.1. The van der Waals surface area contributed by atoms with Gasteiger partial charge in [-0.2, -0.15) is 0 Å². The van der Waals surface area contributed by atoms with E-state index in [1.165, 1.54) is 6.07 Å². The minimum absolute atomic E-state index is 0.0121. The molecule has 1 N–H and O–H groups in total. The summed E-state index contributed by atoms with van der Waals surface area (Å²) in [6.45, 7) is 1.64. The lowest BCUT2D eigenvalue weighted by molar-refractivity contribution is 0.0681. The summed E-state index contributed by atoms with van der Waals surface area (Å²) in [4.78, 5) is 22.8. The zero-order valence-corrected chi connectivity index (χ0v) is 11.0. The normalized spacial score (nSPS) is 10.4. The Morgan fingerprint density at radius 1 is 1.29 bits per heavy atom. The quantitative estimate of drug-likeness (QED) is 0.944. The second-order valence-electron chi connectivity index (χ2n) is 4.11. The van der Waals surface area contributed by atoms with Crippen LogP contribution in [0.3, 0.4) is 0 Å². The molecule has 110 valence electrons. The first-order valence-electron chi connectivity index (χ1n) is 6.02. The van der Waals surface area contributed by atoms with Crippen molar-refractivity contribution in [3.63, 3.8) is 0 Å². The van der Waals surface area contributed by atoms with Crippen molar-refractivity contribution >= 4 is 12.1 Å². The highest BCUT2D eigenvalue weighted by molar-refractivity contribution is 5.93. The predicted octanol–water partition coefficient (Wildman–Crippen LogP) is 3.14. The number of benzene rings is 1. The molecule has 0 radical (unpaired) electrons. The van der Waals surface area contributed by atoms with E-state index in [1.54, 1.807) is 6.92 Å². The van der Waals surface area contributed by atoms with Gasteiger partial charge in [0.15, 0.2) is 0 Å². The molecule has 5 nitrogen and oxygen atoms in total. The van der Waals surface area contributed by atoms with Crippen molar-refractivity contribution in [3.8, 4) is 11.1 Å². The van der Waals surface area contributed by atoms with Crippen molar-refractivity contribution in [2.24, 2.45) is 0 Å². The molecular formula is C14H11F2NO4. The Bertz CT molecular complexity index is 709. The molecule has 0 atom stereocenters. The average molecular weight is 295 g/mol. The van der Waals surface area contributed by atoms with Gasteiger partial charge in [-0.05, 0) is 25.1 Å². The maximum atomic E-state index is 13.7. The summed E-state index contributed by atoms with van der Waals surface area (Å²) in [7, 11) is 0. The van der Waals surface area contributed by atoms with Gasteiger partial charge >= 0.3 is 12.1 Å². The van der Waals surface area contributed by atoms with E-state index in [2.05, 4.69) is 0 Å². The molecule has 1 heterocycles. The second kappa shape index (κ2) is 5.74. The molecule has 0 bridgehead atoms. The minimum atomic E-state index is -1.36. The molecule has 0 aliphatic carbocycles. The van der Waals surface area contributed by atoms with Crippen LogP contribution in [0.15, 0.2) is 30.5 Å². The van der Waals surface area contributed by atoms with Crippen LogP contribution in [0.1, 0.15) is 17.4 Å². The first kappa shape index (κ1) is 14.7. The Hall–Kier alpha value is -2.70. The zero-order chi connectivity index (χ0) is 15.6. The number of nitrogens with zero attached hydrogens (tertiary/aromatic N) is 1. The van der Waals surface area contributed by atoms with Crippen LogP contribution in [0, 0.1) is 11.6 Å². The number of aromatic carboxylic acids is 1. The summed E-state index contributed by atoms with van der Waals surface area (Å²) in [5.74, 6) is -2.97. The van der Waals surface area contributed by atoms with Crippen molar-refractivity contribution in [2.75, 3.05) is 6.61 Å². The summed E-state index contributed by atoms with van der Waals surface area (Å²) in [5, 5.41) is 9.07. The standard InChI is InChI=1S/C14H11F2NO4/c1-2-21-14(20)17-7-8(5-12(17)13(18)19)10-4-3-9(15)6-11(10)16/h3-7H,2H2,1H3,(H,18,19). The van der Waals surface area contributed by atoms with Crippen LogP contribution in [-0.2, 0) is 4.74 Å². The molecule has 2 aromatic rings. The third kappa shape index (κ3) is 2.91. The fourth-order valence-electron chi connectivity index (χ4n) is 1.84. The highest BCUT2D eigenvalue weighted by Crippen LogP contribution is 2.26. The highest BCUT2D eigenvalue weighted by atomic mass is 19.1. The molecule has 1 aromatic carbocycles. The van der Waals surface area contributed by atoms with E-state index in [1.807, 2.05) is 0 Å². The molecule has 21 heavy (non-hydrogen) atoms. The van der Waals surface area contributed by atoms with Gasteiger partial charge in [0, 0.05) is 23.4 Å². The van der Waals surface area contributed by atoms with E-state index < -0.39 is 23.7 Å². The number of rotatable bonds is 3. The molecule has 0 unspecified atom stereocenters. The number of ether oxygens (including phenoxy) is 1.